The summed E-state index contributed by atoms with van der Waals surface area (Å²) < 4.78 is 10.1. The predicted molar refractivity (Wildman–Crippen MR) is 131 cm³/mol. The molecule has 4 rings (SSSR count). The van der Waals surface area contributed by atoms with Crippen molar-refractivity contribution in [2.24, 2.45) is 0 Å². The molecule has 2 aliphatic heterocycles. The summed E-state index contributed by atoms with van der Waals surface area (Å²) in [4.78, 5) is 41.9. The number of hydrogen-bond acceptors (Lipinski definition) is 9. The minimum Gasteiger partial charge on any atom is -0.465 e. The molecule has 1 aromatic carbocycles. The zero-order valence-corrected chi connectivity index (χ0v) is 20.4. The van der Waals surface area contributed by atoms with Gasteiger partial charge >= 0.3 is 5.97 Å². The molecule has 2 fully saturated rings. The van der Waals surface area contributed by atoms with Gasteiger partial charge in [-0.1, -0.05) is 12.1 Å². The fourth-order valence-electron chi connectivity index (χ4n) is 4.37. The van der Waals surface area contributed by atoms with Crippen molar-refractivity contribution in [1.29, 1.82) is 5.26 Å². The number of nitrogens with one attached hydrogen (secondary N) is 2. The third-order valence-corrected chi connectivity index (χ3v) is 7.08. The Bertz CT molecular complexity index is 1180. The van der Waals surface area contributed by atoms with Crippen molar-refractivity contribution in [3.05, 3.63) is 35.7 Å². The van der Waals surface area contributed by atoms with Gasteiger partial charge in [-0.15, -0.1) is 0 Å². The first-order valence-corrected chi connectivity index (χ1v) is 12.5. The SMILES string of the molecule is COC(=O)/C(C#N)=C(\Nc1nsc2ccccc12)NC1CCCCN(CC(=O)N2CCCC2)C1=O. The zero-order chi connectivity index (χ0) is 24.8. The predicted octanol–water partition coefficient (Wildman–Crippen LogP) is 2.21. The van der Waals surface area contributed by atoms with Crippen LogP contribution in [0.5, 0.6) is 0 Å². The molecule has 184 valence electrons. The number of benzene rings is 1. The van der Waals surface area contributed by atoms with Gasteiger partial charge in [0.1, 0.15) is 17.9 Å². The lowest BCUT2D eigenvalue weighted by Crippen LogP contribution is -2.49. The van der Waals surface area contributed by atoms with Crippen molar-refractivity contribution in [2.45, 2.75) is 38.1 Å². The highest BCUT2D eigenvalue weighted by Gasteiger charge is 2.32. The van der Waals surface area contributed by atoms with Crippen LogP contribution in [0.25, 0.3) is 10.1 Å². The second-order valence-electron chi connectivity index (χ2n) is 8.55. The first kappa shape index (κ1) is 24.5. The quantitative estimate of drug-likeness (QED) is 0.339. The summed E-state index contributed by atoms with van der Waals surface area (Å²) in [5, 5.41) is 16.7. The summed E-state index contributed by atoms with van der Waals surface area (Å²) in [6.07, 6.45) is 3.99. The Morgan fingerprint density at radius 1 is 1.20 bits per heavy atom. The number of likely N-dealkylation sites (tertiary alicyclic amines) is 2. The zero-order valence-electron chi connectivity index (χ0n) is 19.6. The third kappa shape index (κ3) is 5.54. The molecular weight excluding hydrogens is 468 g/mol. The summed E-state index contributed by atoms with van der Waals surface area (Å²) in [6, 6.07) is 8.74. The maximum absolute atomic E-state index is 13.4. The number of esters is 1. The van der Waals surface area contributed by atoms with Gasteiger partial charge in [0.05, 0.1) is 18.4 Å². The number of aromatic nitrogens is 1. The average molecular weight is 497 g/mol. The van der Waals surface area contributed by atoms with Gasteiger partial charge in [-0.2, -0.15) is 9.64 Å². The fraction of sp³-hybridized carbons (Fsp3) is 0.458. The van der Waals surface area contributed by atoms with Crippen LogP contribution < -0.4 is 10.6 Å². The largest absolute Gasteiger partial charge is 0.465 e. The highest BCUT2D eigenvalue weighted by molar-refractivity contribution is 7.13. The molecule has 2 aromatic rings. The molecule has 0 aliphatic carbocycles. The van der Waals surface area contributed by atoms with Crippen molar-refractivity contribution in [3.63, 3.8) is 0 Å². The van der Waals surface area contributed by atoms with Crippen molar-refractivity contribution >= 4 is 45.2 Å². The number of hydrogen-bond donors (Lipinski definition) is 2. The van der Waals surface area contributed by atoms with Gasteiger partial charge in [-0.3, -0.25) is 9.59 Å². The van der Waals surface area contributed by atoms with Gasteiger partial charge in [-0.05, 0) is 55.8 Å². The highest BCUT2D eigenvalue weighted by Crippen LogP contribution is 2.28. The van der Waals surface area contributed by atoms with Crippen LogP contribution in [0.4, 0.5) is 5.82 Å². The number of methoxy groups -OCH3 is 1. The second kappa shape index (κ2) is 11.2. The van der Waals surface area contributed by atoms with Crippen LogP contribution in [0.15, 0.2) is 35.7 Å². The molecule has 2 saturated heterocycles. The maximum Gasteiger partial charge on any atom is 0.352 e. The van der Waals surface area contributed by atoms with Gasteiger partial charge in [0.25, 0.3) is 0 Å². The Hall–Kier alpha value is -3.65. The van der Waals surface area contributed by atoms with Crippen LogP contribution >= 0.6 is 11.5 Å². The van der Waals surface area contributed by atoms with E-state index in [-0.39, 0.29) is 29.8 Å². The lowest BCUT2D eigenvalue weighted by atomic mass is 10.1. The van der Waals surface area contributed by atoms with E-state index in [2.05, 4.69) is 15.0 Å². The third-order valence-electron chi connectivity index (χ3n) is 6.26. The Morgan fingerprint density at radius 2 is 1.94 bits per heavy atom. The summed E-state index contributed by atoms with van der Waals surface area (Å²) in [7, 11) is 1.19. The van der Waals surface area contributed by atoms with Crippen molar-refractivity contribution in [1.82, 2.24) is 19.5 Å². The van der Waals surface area contributed by atoms with Gasteiger partial charge in [-0.25, -0.2) is 4.79 Å². The molecule has 1 aromatic heterocycles. The number of fused-ring (bicyclic) bond motifs is 1. The van der Waals surface area contributed by atoms with Crippen LogP contribution in [0, 0.1) is 11.3 Å². The van der Waals surface area contributed by atoms with Crippen molar-refractivity contribution < 1.29 is 19.1 Å². The molecule has 2 aliphatic rings. The normalized spacial score (nSPS) is 19.1. The van der Waals surface area contributed by atoms with Crippen molar-refractivity contribution in [3.8, 4) is 6.07 Å². The summed E-state index contributed by atoms with van der Waals surface area (Å²) in [5.41, 5.74) is -0.290. The van der Waals surface area contributed by atoms with Gasteiger partial charge in [0, 0.05) is 25.0 Å². The van der Waals surface area contributed by atoms with E-state index in [1.54, 1.807) is 9.80 Å². The van der Waals surface area contributed by atoms with Crippen LogP contribution in [0.2, 0.25) is 0 Å². The van der Waals surface area contributed by atoms with Gasteiger partial charge in [0.15, 0.2) is 11.4 Å². The number of ether oxygens (including phenoxy) is 1. The molecule has 2 N–H and O–H groups in total. The number of rotatable bonds is 7. The summed E-state index contributed by atoms with van der Waals surface area (Å²) >= 11 is 1.28. The van der Waals surface area contributed by atoms with Crippen LogP contribution in [-0.2, 0) is 19.1 Å². The molecular formula is C24H28N6O4S. The van der Waals surface area contributed by atoms with E-state index in [0.717, 1.165) is 48.9 Å². The van der Waals surface area contributed by atoms with Crippen LogP contribution in [-0.4, -0.2) is 71.3 Å². The molecule has 0 radical (unpaired) electrons. The first-order chi connectivity index (χ1) is 17.0. The maximum atomic E-state index is 13.4. The number of nitrogens with zero attached hydrogens (tertiary/aromatic N) is 4. The number of carbonyl (C=O) groups excluding carboxylic acids is 3. The summed E-state index contributed by atoms with van der Waals surface area (Å²) in [5.74, 6) is -0.594. The number of amides is 2. The van der Waals surface area contributed by atoms with E-state index >= 15 is 0 Å². The van der Waals surface area contributed by atoms with Crippen LogP contribution in [0.1, 0.15) is 32.1 Å². The molecule has 0 bridgehead atoms. The molecule has 1 unspecified atom stereocenters. The average Bonchev–Trinajstić information content (AvgIpc) is 3.52. The molecule has 0 spiro atoms. The number of anilines is 1. The van der Waals surface area contributed by atoms with E-state index in [1.165, 1.54) is 18.6 Å². The topological polar surface area (TPSA) is 128 Å². The molecule has 2 amide bonds. The van der Waals surface area contributed by atoms with E-state index in [9.17, 15) is 19.6 Å². The Labute approximate surface area is 207 Å². The molecule has 0 saturated carbocycles. The van der Waals surface area contributed by atoms with E-state index in [0.29, 0.717) is 18.8 Å². The monoisotopic (exact) mass is 496 g/mol. The number of nitriles is 1. The minimum absolute atomic E-state index is 0.0301. The highest BCUT2D eigenvalue weighted by atomic mass is 32.1. The van der Waals surface area contributed by atoms with Gasteiger partial charge in [0.2, 0.25) is 11.8 Å². The molecule has 35 heavy (non-hydrogen) atoms. The smallest absolute Gasteiger partial charge is 0.352 e. The van der Waals surface area contributed by atoms with E-state index in [1.807, 2.05) is 30.3 Å². The number of carbonyl (C=O) groups is 3. The standard InChI is InChI=1S/C24H28N6O4S/c1-34-24(33)17(14-25)21(27-22-16-8-2-3-10-19(16)35-28-22)26-18-9-4-5-13-30(23(18)32)15-20(31)29-11-6-7-12-29/h2-3,8,10,18,26H,4-7,9,11-13,15H2,1H3,(H,27,28)/b21-17-. The van der Waals surface area contributed by atoms with Crippen LogP contribution in [0.3, 0.4) is 0 Å². The molecule has 11 heteroatoms. The van der Waals surface area contributed by atoms with Crippen molar-refractivity contribution in [2.75, 3.05) is 38.6 Å². The van der Waals surface area contributed by atoms with Gasteiger partial charge < -0.3 is 25.2 Å². The minimum atomic E-state index is -0.829. The fourth-order valence-corrected chi connectivity index (χ4v) is 5.11. The molecule has 10 nitrogen and oxygen atoms in total. The molecule has 3 heterocycles. The Balaban J connectivity index is 1.59. The van der Waals surface area contributed by atoms with E-state index in [4.69, 9.17) is 4.74 Å². The lowest BCUT2D eigenvalue weighted by molar-refractivity contribution is -0.140. The summed E-state index contributed by atoms with van der Waals surface area (Å²) in [6.45, 7) is 1.97. The Kier molecular flexibility index (Phi) is 7.82. The molecule has 1 atom stereocenters. The second-order valence-corrected chi connectivity index (χ2v) is 9.35. The Morgan fingerprint density at radius 3 is 2.69 bits per heavy atom. The first-order valence-electron chi connectivity index (χ1n) is 11.7. The lowest BCUT2D eigenvalue weighted by Gasteiger charge is -2.27. The van der Waals surface area contributed by atoms with E-state index < -0.39 is 12.0 Å².